The zero-order valence-corrected chi connectivity index (χ0v) is 35.1. The Morgan fingerprint density at radius 3 is 1.45 bits per heavy atom. The van der Waals surface area contributed by atoms with Crippen molar-refractivity contribution in [3.8, 4) is 39.9 Å². The fourth-order valence-corrected chi connectivity index (χ4v) is 11.6. The summed E-state index contributed by atoms with van der Waals surface area (Å²) in [5, 5.41) is 16.7. The van der Waals surface area contributed by atoms with Crippen LogP contribution >= 0.6 is 11.3 Å². The predicted molar refractivity (Wildman–Crippen MR) is 271 cm³/mol. The molecule has 0 aliphatic carbocycles. The summed E-state index contributed by atoms with van der Waals surface area (Å²) >= 11 is 1.86. The van der Waals surface area contributed by atoms with Crippen LogP contribution in [0.4, 0.5) is 0 Å². The third kappa shape index (κ3) is 5.19. The Hall–Kier alpha value is -8.25. The number of hydrogen-bond acceptors (Lipinski definition) is 4. The molecule has 0 saturated heterocycles. The Morgan fingerprint density at radius 1 is 0.297 bits per heavy atom. The standard InChI is InChI=1S/C59H34N4S/c1-2-18-40-34-52-49(33-39(40)17-1)53-43-23-9-5-15-37(43)28-31-50(53)63(52)51-32-30-48(54-47-29-27-38-16-6-10-24-44(38)55(47)64-56(51)54)59-61-57(45-25-11-19-35-13-3-7-21-41(35)45)60-58(62-59)46-26-12-20-36-14-4-8-22-42(36)46/h1-34H. The fourth-order valence-electron chi connectivity index (χ4n) is 10.3. The molecule has 0 unspecified atom stereocenters. The van der Waals surface area contributed by atoms with Crippen molar-refractivity contribution in [2.24, 2.45) is 0 Å². The summed E-state index contributed by atoms with van der Waals surface area (Å²) in [7, 11) is 0. The van der Waals surface area contributed by atoms with E-state index in [-0.39, 0.29) is 0 Å². The van der Waals surface area contributed by atoms with Gasteiger partial charge < -0.3 is 4.57 Å². The molecule has 0 amide bonds. The number of thiophene rings is 1. The van der Waals surface area contributed by atoms with Gasteiger partial charge in [0.1, 0.15) is 0 Å². The van der Waals surface area contributed by atoms with Crippen LogP contribution in [0.25, 0.3) is 136 Å². The van der Waals surface area contributed by atoms with Crippen molar-refractivity contribution in [3.05, 3.63) is 206 Å². The Labute approximate surface area is 371 Å². The summed E-state index contributed by atoms with van der Waals surface area (Å²) in [4.78, 5) is 16.3. The lowest BCUT2D eigenvalue weighted by Gasteiger charge is -2.14. The molecule has 296 valence electrons. The monoisotopic (exact) mass is 830 g/mol. The normalized spacial score (nSPS) is 12.1. The summed E-state index contributed by atoms with van der Waals surface area (Å²) < 4.78 is 4.93. The van der Waals surface area contributed by atoms with Gasteiger partial charge in [0.25, 0.3) is 0 Å². The average molecular weight is 831 g/mol. The number of rotatable bonds is 4. The van der Waals surface area contributed by atoms with Crippen LogP contribution in [0.5, 0.6) is 0 Å². The highest BCUT2D eigenvalue weighted by Gasteiger charge is 2.24. The van der Waals surface area contributed by atoms with Crippen LogP contribution in [-0.2, 0) is 0 Å². The molecular formula is C59H34N4S. The van der Waals surface area contributed by atoms with E-state index < -0.39 is 0 Å². The molecule has 0 radical (unpaired) electrons. The molecular weight excluding hydrogens is 797 g/mol. The average Bonchev–Trinajstić information content (AvgIpc) is 3.91. The van der Waals surface area contributed by atoms with Crippen molar-refractivity contribution in [1.82, 2.24) is 19.5 Å². The van der Waals surface area contributed by atoms with Gasteiger partial charge in [-0.15, -0.1) is 11.3 Å². The topological polar surface area (TPSA) is 43.6 Å². The lowest BCUT2D eigenvalue weighted by atomic mass is 10.0. The molecule has 0 bridgehead atoms. The molecule has 0 atom stereocenters. The van der Waals surface area contributed by atoms with Crippen LogP contribution in [0.3, 0.4) is 0 Å². The Balaban J connectivity index is 1.12. The van der Waals surface area contributed by atoms with E-state index in [9.17, 15) is 0 Å². The number of fused-ring (bicyclic) bond motifs is 13. The first-order valence-electron chi connectivity index (χ1n) is 21.7. The van der Waals surface area contributed by atoms with Crippen molar-refractivity contribution in [3.63, 3.8) is 0 Å². The third-order valence-electron chi connectivity index (χ3n) is 13.2. The summed E-state index contributed by atoms with van der Waals surface area (Å²) in [5.74, 6) is 1.94. The second-order valence-electron chi connectivity index (χ2n) is 16.7. The second-order valence-corrected chi connectivity index (χ2v) is 17.7. The van der Waals surface area contributed by atoms with Crippen LogP contribution < -0.4 is 0 Å². The smallest absolute Gasteiger partial charge is 0.164 e. The molecule has 3 heterocycles. The summed E-state index contributed by atoms with van der Waals surface area (Å²) in [6.45, 7) is 0. The quantitative estimate of drug-likeness (QED) is 0.177. The fraction of sp³-hybridized carbons (Fsp3) is 0. The largest absolute Gasteiger partial charge is 0.308 e. The van der Waals surface area contributed by atoms with Crippen LogP contribution in [0, 0.1) is 0 Å². The van der Waals surface area contributed by atoms with E-state index in [4.69, 9.17) is 15.0 Å². The minimum atomic E-state index is 0.643. The van der Waals surface area contributed by atoms with Gasteiger partial charge in [-0.1, -0.05) is 176 Å². The summed E-state index contributed by atoms with van der Waals surface area (Å²) in [6.07, 6.45) is 0. The van der Waals surface area contributed by atoms with Crippen LogP contribution in [-0.4, -0.2) is 19.5 Å². The van der Waals surface area contributed by atoms with E-state index in [1.54, 1.807) is 0 Å². The minimum absolute atomic E-state index is 0.643. The van der Waals surface area contributed by atoms with Gasteiger partial charge in [0.2, 0.25) is 0 Å². The van der Waals surface area contributed by atoms with Gasteiger partial charge >= 0.3 is 0 Å². The van der Waals surface area contributed by atoms with E-state index in [0.29, 0.717) is 17.5 Å². The van der Waals surface area contributed by atoms with Gasteiger partial charge in [-0.3, -0.25) is 0 Å². The van der Waals surface area contributed by atoms with Crippen LogP contribution in [0.1, 0.15) is 0 Å². The molecule has 4 nitrogen and oxygen atoms in total. The zero-order valence-electron chi connectivity index (χ0n) is 34.3. The summed E-state index contributed by atoms with van der Waals surface area (Å²) in [5.41, 5.74) is 6.41. The molecule has 0 spiro atoms. The molecule has 14 aromatic rings. The molecule has 0 fully saturated rings. The molecule has 11 aromatic carbocycles. The first kappa shape index (κ1) is 35.4. The second kappa shape index (κ2) is 13.6. The van der Waals surface area contributed by atoms with Gasteiger partial charge in [0.05, 0.1) is 21.4 Å². The maximum Gasteiger partial charge on any atom is 0.164 e. The Bertz CT molecular complexity index is 4170. The van der Waals surface area contributed by atoms with E-state index in [1.807, 2.05) is 11.3 Å². The molecule has 14 rings (SSSR count). The molecule has 0 aliphatic heterocycles. The van der Waals surface area contributed by atoms with Crippen molar-refractivity contribution >= 4 is 107 Å². The molecule has 3 aromatic heterocycles. The number of aromatic nitrogens is 4. The SMILES string of the molecule is c1ccc2cc3c(cc2c1)c1c2ccccc2ccc1n3-c1ccc(-c2nc(-c3cccc4ccccc34)nc(-c3cccc4ccccc34)n2)c2c1sc1c3ccccc3ccc12. The van der Waals surface area contributed by atoms with Gasteiger partial charge in [0.15, 0.2) is 17.5 Å². The minimum Gasteiger partial charge on any atom is -0.308 e. The number of hydrogen-bond donors (Lipinski definition) is 0. The predicted octanol–water partition coefficient (Wildman–Crippen LogP) is 16.1. The van der Waals surface area contributed by atoms with Crippen LogP contribution in [0.2, 0.25) is 0 Å². The van der Waals surface area contributed by atoms with Gasteiger partial charge in [-0.05, 0) is 84.2 Å². The van der Waals surface area contributed by atoms with E-state index in [1.165, 1.54) is 68.9 Å². The highest BCUT2D eigenvalue weighted by atomic mass is 32.1. The lowest BCUT2D eigenvalue weighted by molar-refractivity contribution is 1.08. The molecule has 5 heteroatoms. The first-order valence-corrected chi connectivity index (χ1v) is 22.5. The van der Waals surface area contributed by atoms with Crippen molar-refractivity contribution in [2.45, 2.75) is 0 Å². The number of benzene rings is 11. The third-order valence-corrected chi connectivity index (χ3v) is 14.5. The van der Waals surface area contributed by atoms with Crippen molar-refractivity contribution in [1.29, 1.82) is 0 Å². The van der Waals surface area contributed by atoms with Crippen molar-refractivity contribution < 1.29 is 0 Å². The van der Waals surface area contributed by atoms with E-state index in [0.717, 1.165) is 49.3 Å². The van der Waals surface area contributed by atoms with E-state index in [2.05, 4.69) is 211 Å². The highest BCUT2D eigenvalue weighted by molar-refractivity contribution is 7.27. The van der Waals surface area contributed by atoms with Gasteiger partial charge in [-0.25, -0.2) is 15.0 Å². The van der Waals surface area contributed by atoms with Crippen LogP contribution in [0.15, 0.2) is 206 Å². The molecule has 64 heavy (non-hydrogen) atoms. The molecule has 0 saturated carbocycles. The molecule has 0 aliphatic rings. The summed E-state index contributed by atoms with van der Waals surface area (Å²) in [6, 6.07) is 74.4. The maximum atomic E-state index is 5.46. The zero-order chi connectivity index (χ0) is 41.9. The maximum absolute atomic E-state index is 5.46. The van der Waals surface area contributed by atoms with E-state index >= 15 is 0 Å². The Morgan fingerprint density at radius 2 is 0.797 bits per heavy atom. The lowest BCUT2D eigenvalue weighted by Crippen LogP contribution is -2.02. The number of nitrogens with zero attached hydrogens (tertiary/aromatic N) is 4. The van der Waals surface area contributed by atoms with Crippen molar-refractivity contribution in [2.75, 3.05) is 0 Å². The first-order chi connectivity index (χ1) is 31.7. The van der Waals surface area contributed by atoms with Gasteiger partial charge in [-0.2, -0.15) is 0 Å². The molecule has 0 N–H and O–H groups in total. The van der Waals surface area contributed by atoms with Gasteiger partial charge in [0, 0.05) is 42.9 Å². The highest BCUT2D eigenvalue weighted by Crippen LogP contribution is 2.48. The Kier molecular flexibility index (Phi) is 7.53.